The van der Waals surface area contributed by atoms with Crippen LogP contribution in [0.15, 0.2) is 24.3 Å². The van der Waals surface area contributed by atoms with Crippen molar-refractivity contribution in [3.8, 4) is 5.75 Å². The number of nitrogens with zero attached hydrogens (tertiary/aromatic N) is 2. The van der Waals surface area contributed by atoms with Gasteiger partial charge in [-0.05, 0) is 6.07 Å². The summed E-state index contributed by atoms with van der Waals surface area (Å²) >= 11 is 0. The Morgan fingerprint density at radius 1 is 1.30 bits per heavy atom. The lowest BCUT2D eigenvalue weighted by Gasteiger charge is -2.26. The van der Waals surface area contributed by atoms with Crippen LogP contribution in [0.25, 0.3) is 0 Å². The second-order valence-corrected chi connectivity index (χ2v) is 8.44. The molecule has 1 fully saturated rings. The molecular formula is C18H29N3O5S. The van der Waals surface area contributed by atoms with Crippen LogP contribution >= 0.6 is 0 Å². The van der Waals surface area contributed by atoms with E-state index < -0.39 is 10.0 Å². The van der Waals surface area contributed by atoms with Gasteiger partial charge < -0.3 is 14.8 Å². The number of sulfonamides is 1. The predicted molar refractivity (Wildman–Crippen MR) is 103 cm³/mol. The molecule has 1 aromatic carbocycles. The van der Waals surface area contributed by atoms with E-state index in [2.05, 4.69) is 10.2 Å². The van der Waals surface area contributed by atoms with E-state index >= 15 is 0 Å². The van der Waals surface area contributed by atoms with Crippen LogP contribution in [0.5, 0.6) is 5.75 Å². The predicted octanol–water partition coefficient (Wildman–Crippen LogP) is 0.295. The van der Waals surface area contributed by atoms with Crippen molar-refractivity contribution < 1.29 is 22.7 Å². The number of rotatable bonds is 10. The van der Waals surface area contributed by atoms with Crippen LogP contribution in [0.2, 0.25) is 0 Å². The smallest absolute Gasteiger partial charge is 0.221 e. The molecule has 1 aliphatic heterocycles. The first-order chi connectivity index (χ1) is 12.9. The van der Waals surface area contributed by atoms with E-state index in [4.69, 9.17) is 9.47 Å². The molecule has 0 radical (unpaired) electrons. The number of para-hydroxylation sites is 1. The van der Waals surface area contributed by atoms with Gasteiger partial charge in [0, 0.05) is 51.3 Å². The number of methoxy groups -OCH3 is 1. The van der Waals surface area contributed by atoms with Crippen LogP contribution in [0.4, 0.5) is 0 Å². The minimum atomic E-state index is -3.45. The monoisotopic (exact) mass is 399 g/mol. The van der Waals surface area contributed by atoms with Crippen molar-refractivity contribution in [3.63, 3.8) is 0 Å². The molecule has 8 nitrogen and oxygen atoms in total. The van der Waals surface area contributed by atoms with E-state index in [1.54, 1.807) is 13.2 Å². The zero-order valence-electron chi connectivity index (χ0n) is 16.0. The Labute approximate surface area is 161 Å². The Bertz CT molecular complexity index is 705. The second kappa shape index (κ2) is 10.6. The lowest BCUT2D eigenvalue weighted by molar-refractivity contribution is -0.121. The summed E-state index contributed by atoms with van der Waals surface area (Å²) in [6.45, 7) is 4.80. The summed E-state index contributed by atoms with van der Waals surface area (Å²) < 4.78 is 36.1. The Kier molecular flexibility index (Phi) is 8.49. The first kappa shape index (κ1) is 21.6. The molecule has 0 atom stereocenters. The molecule has 1 heterocycles. The topological polar surface area (TPSA) is 88.2 Å². The minimum Gasteiger partial charge on any atom is -0.496 e. The van der Waals surface area contributed by atoms with Crippen molar-refractivity contribution in [3.05, 3.63) is 29.8 Å². The first-order valence-corrected chi connectivity index (χ1v) is 10.9. The normalized spacial score (nSPS) is 15.7. The van der Waals surface area contributed by atoms with Gasteiger partial charge in [0.1, 0.15) is 5.75 Å². The third-order valence-corrected chi connectivity index (χ3v) is 5.70. The molecule has 9 heteroatoms. The third kappa shape index (κ3) is 7.45. The fourth-order valence-electron chi connectivity index (χ4n) is 2.88. The molecule has 2 rings (SSSR count). The van der Waals surface area contributed by atoms with Gasteiger partial charge in [-0.2, -0.15) is 4.31 Å². The summed E-state index contributed by atoms with van der Waals surface area (Å²) in [5.74, 6) is 0.470. The third-order valence-electron chi connectivity index (χ3n) is 4.45. The summed E-state index contributed by atoms with van der Waals surface area (Å²) in [5.41, 5.74) is 0.762. The van der Waals surface area contributed by atoms with Crippen molar-refractivity contribution >= 4 is 15.9 Å². The number of carbonyl (C=O) groups is 1. The molecule has 0 bridgehead atoms. The van der Waals surface area contributed by atoms with Gasteiger partial charge in [0.15, 0.2) is 0 Å². The molecule has 1 aliphatic rings. The molecule has 1 N–H and O–H groups in total. The highest BCUT2D eigenvalue weighted by atomic mass is 32.2. The molecule has 1 saturated heterocycles. The van der Waals surface area contributed by atoms with Crippen LogP contribution in [-0.2, 0) is 26.1 Å². The summed E-state index contributed by atoms with van der Waals surface area (Å²) in [6, 6.07) is 7.26. The summed E-state index contributed by atoms with van der Waals surface area (Å²) in [7, 11) is -1.90. The average molecular weight is 400 g/mol. The first-order valence-electron chi connectivity index (χ1n) is 9.04. The van der Waals surface area contributed by atoms with Gasteiger partial charge in [-0.1, -0.05) is 18.2 Å². The average Bonchev–Trinajstić information content (AvgIpc) is 2.65. The van der Waals surface area contributed by atoms with E-state index in [0.717, 1.165) is 44.7 Å². The van der Waals surface area contributed by atoms with Crippen LogP contribution in [0.3, 0.4) is 0 Å². The number of morpholine rings is 1. The minimum absolute atomic E-state index is 0.116. The standard InChI is InChI=1S/C18H29N3O5S/c1-25-17-6-4-3-5-16(17)15-21(27(2,23)24)9-7-18(22)19-8-10-20-11-13-26-14-12-20/h3-6H,7-15H2,1-2H3,(H,19,22). The van der Waals surface area contributed by atoms with Gasteiger partial charge in [-0.25, -0.2) is 8.42 Å². The van der Waals surface area contributed by atoms with Crippen molar-refractivity contribution in [1.29, 1.82) is 0 Å². The van der Waals surface area contributed by atoms with Crippen LogP contribution in [0, 0.1) is 0 Å². The second-order valence-electron chi connectivity index (χ2n) is 6.46. The van der Waals surface area contributed by atoms with E-state index in [9.17, 15) is 13.2 Å². The molecule has 0 unspecified atom stereocenters. The number of hydrogen-bond acceptors (Lipinski definition) is 6. The maximum atomic E-state index is 12.1. The highest BCUT2D eigenvalue weighted by molar-refractivity contribution is 7.88. The molecular weight excluding hydrogens is 370 g/mol. The molecule has 0 spiro atoms. The van der Waals surface area contributed by atoms with E-state index in [1.165, 1.54) is 4.31 Å². The van der Waals surface area contributed by atoms with Gasteiger partial charge >= 0.3 is 0 Å². The fourth-order valence-corrected chi connectivity index (χ4v) is 3.68. The number of carbonyl (C=O) groups excluding carboxylic acids is 1. The maximum Gasteiger partial charge on any atom is 0.221 e. The van der Waals surface area contributed by atoms with Crippen LogP contribution in [-0.4, -0.2) is 82.8 Å². The number of benzene rings is 1. The molecule has 0 aromatic heterocycles. The zero-order chi connectivity index (χ0) is 19.7. The van der Waals surface area contributed by atoms with Crippen molar-refractivity contribution in [2.45, 2.75) is 13.0 Å². The lowest BCUT2D eigenvalue weighted by Crippen LogP contribution is -2.42. The molecule has 1 amide bonds. The van der Waals surface area contributed by atoms with Crippen molar-refractivity contribution in [1.82, 2.24) is 14.5 Å². The summed E-state index contributed by atoms with van der Waals surface area (Å²) in [4.78, 5) is 14.3. The number of amides is 1. The van der Waals surface area contributed by atoms with Gasteiger partial charge in [0.25, 0.3) is 0 Å². The maximum absolute atomic E-state index is 12.1. The van der Waals surface area contributed by atoms with Crippen LogP contribution in [0.1, 0.15) is 12.0 Å². The van der Waals surface area contributed by atoms with Crippen molar-refractivity contribution in [2.24, 2.45) is 0 Å². The quantitative estimate of drug-likeness (QED) is 0.609. The fraction of sp³-hybridized carbons (Fsp3) is 0.611. The number of hydrogen-bond donors (Lipinski definition) is 1. The Balaban J connectivity index is 1.82. The summed E-state index contributed by atoms with van der Waals surface area (Å²) in [5, 5.41) is 2.86. The molecule has 0 saturated carbocycles. The highest BCUT2D eigenvalue weighted by Crippen LogP contribution is 2.20. The highest BCUT2D eigenvalue weighted by Gasteiger charge is 2.20. The molecule has 152 valence electrons. The summed E-state index contributed by atoms with van der Waals surface area (Å²) in [6.07, 6.45) is 1.27. The van der Waals surface area contributed by atoms with Gasteiger partial charge in [0.05, 0.1) is 26.6 Å². The van der Waals surface area contributed by atoms with Gasteiger partial charge in [-0.15, -0.1) is 0 Å². The van der Waals surface area contributed by atoms with Crippen LogP contribution < -0.4 is 10.1 Å². The molecule has 1 aromatic rings. The van der Waals surface area contributed by atoms with Crippen molar-refractivity contribution in [2.75, 3.05) is 59.3 Å². The van der Waals surface area contributed by atoms with E-state index in [0.29, 0.717) is 12.3 Å². The van der Waals surface area contributed by atoms with Gasteiger partial charge in [0.2, 0.25) is 15.9 Å². The zero-order valence-corrected chi connectivity index (χ0v) is 16.8. The van der Waals surface area contributed by atoms with E-state index in [-0.39, 0.29) is 25.4 Å². The van der Waals surface area contributed by atoms with E-state index in [1.807, 2.05) is 18.2 Å². The van der Waals surface area contributed by atoms with Gasteiger partial charge in [-0.3, -0.25) is 9.69 Å². The Morgan fingerprint density at radius 2 is 2.00 bits per heavy atom. The molecule has 27 heavy (non-hydrogen) atoms. The molecule has 0 aliphatic carbocycles. The Morgan fingerprint density at radius 3 is 2.67 bits per heavy atom. The largest absolute Gasteiger partial charge is 0.496 e. The Hall–Kier alpha value is -1.68. The number of nitrogens with one attached hydrogen (secondary N) is 1. The number of ether oxygens (including phenoxy) is 2. The SMILES string of the molecule is COc1ccccc1CN(CCC(=O)NCCN1CCOCC1)S(C)(=O)=O. The lowest BCUT2D eigenvalue weighted by atomic mass is 10.2.